The van der Waals surface area contributed by atoms with Crippen molar-refractivity contribution >= 4 is 33.2 Å². The van der Waals surface area contributed by atoms with Crippen molar-refractivity contribution in [3.05, 3.63) is 20.8 Å². The minimum absolute atomic E-state index is 0.471. The molecule has 4 heteroatoms. The first-order valence-electron chi connectivity index (χ1n) is 5.56. The van der Waals surface area contributed by atoms with E-state index < -0.39 is 11.4 Å². The second-order valence-electron chi connectivity index (χ2n) is 5.12. The van der Waals surface area contributed by atoms with Gasteiger partial charge in [0.15, 0.2) is 0 Å². The zero-order chi connectivity index (χ0) is 11.3. The summed E-state index contributed by atoms with van der Waals surface area (Å²) in [6, 6.07) is 2.01. The Hall–Kier alpha value is -0.350. The van der Waals surface area contributed by atoms with Crippen LogP contribution in [0.2, 0.25) is 0 Å². The highest BCUT2D eigenvalue weighted by atomic mass is 79.9. The van der Waals surface area contributed by atoms with Crippen molar-refractivity contribution < 1.29 is 9.90 Å². The minimum atomic E-state index is -0.597. The van der Waals surface area contributed by atoms with Crippen LogP contribution in [0.4, 0.5) is 0 Å². The summed E-state index contributed by atoms with van der Waals surface area (Å²) >= 11 is 5.15. The molecular formula is C12H13BrO2S. The number of hydrogen-bond donors (Lipinski definition) is 1. The van der Waals surface area contributed by atoms with E-state index in [1.807, 2.05) is 11.4 Å². The summed E-state index contributed by atoms with van der Waals surface area (Å²) in [5.74, 6) is 0.810. The van der Waals surface area contributed by atoms with Gasteiger partial charge in [0.2, 0.25) is 0 Å². The number of aliphatic carboxylic acids is 1. The van der Waals surface area contributed by atoms with Gasteiger partial charge in [0.05, 0.1) is 5.41 Å². The standard InChI is InChI=1S/C12H13BrO2S/c13-9-1-2-16-10(9)6-12(11(14)15)4-7-3-8(7)5-12/h1-2,7-8H,3-6H2,(H,14,15). The number of carbonyl (C=O) groups is 1. The molecule has 0 radical (unpaired) electrons. The Bertz CT molecular complexity index is 430. The van der Waals surface area contributed by atoms with Crippen LogP contribution in [-0.2, 0) is 11.2 Å². The molecule has 3 rings (SSSR count). The van der Waals surface area contributed by atoms with Crippen molar-refractivity contribution in [3.8, 4) is 0 Å². The van der Waals surface area contributed by atoms with Gasteiger partial charge in [-0.2, -0.15) is 0 Å². The van der Waals surface area contributed by atoms with Gasteiger partial charge in [-0.1, -0.05) is 0 Å². The topological polar surface area (TPSA) is 37.3 Å². The maximum Gasteiger partial charge on any atom is 0.310 e. The van der Waals surface area contributed by atoms with E-state index in [9.17, 15) is 9.90 Å². The maximum absolute atomic E-state index is 11.5. The summed E-state index contributed by atoms with van der Waals surface area (Å²) in [6.07, 6.45) is 3.74. The van der Waals surface area contributed by atoms with Crippen LogP contribution in [0.3, 0.4) is 0 Å². The molecule has 2 unspecified atom stereocenters. The second kappa shape index (κ2) is 3.57. The van der Waals surface area contributed by atoms with Gasteiger partial charge in [-0.25, -0.2) is 0 Å². The average molecular weight is 301 g/mol. The van der Waals surface area contributed by atoms with Crippen molar-refractivity contribution in [2.75, 3.05) is 0 Å². The SMILES string of the molecule is O=C(O)C1(Cc2sccc2Br)CC2CC2C1. The molecule has 2 nitrogen and oxygen atoms in total. The lowest BCUT2D eigenvalue weighted by molar-refractivity contribution is -0.149. The first-order valence-corrected chi connectivity index (χ1v) is 7.23. The third-order valence-corrected chi connectivity index (χ3v) is 5.94. The van der Waals surface area contributed by atoms with Gasteiger partial charge in [0, 0.05) is 9.35 Å². The summed E-state index contributed by atoms with van der Waals surface area (Å²) < 4.78 is 1.07. The van der Waals surface area contributed by atoms with E-state index in [1.54, 1.807) is 11.3 Å². The lowest BCUT2D eigenvalue weighted by Gasteiger charge is -2.25. The summed E-state index contributed by atoms with van der Waals surface area (Å²) in [4.78, 5) is 12.7. The predicted octanol–water partition coefficient (Wildman–Crippen LogP) is 3.55. The Morgan fingerprint density at radius 3 is 2.75 bits per heavy atom. The van der Waals surface area contributed by atoms with E-state index in [1.165, 1.54) is 11.3 Å². The fraction of sp³-hybridized carbons (Fsp3) is 0.583. The molecule has 0 aliphatic heterocycles. The molecule has 0 saturated heterocycles. The highest BCUT2D eigenvalue weighted by Crippen LogP contribution is 2.61. The molecule has 2 aliphatic carbocycles. The molecule has 2 atom stereocenters. The van der Waals surface area contributed by atoms with Crippen LogP contribution in [0.1, 0.15) is 24.1 Å². The fourth-order valence-electron chi connectivity index (χ4n) is 3.05. The van der Waals surface area contributed by atoms with Crippen molar-refractivity contribution in [3.63, 3.8) is 0 Å². The Balaban J connectivity index is 1.85. The van der Waals surface area contributed by atoms with Crippen molar-refractivity contribution in [2.24, 2.45) is 17.3 Å². The van der Waals surface area contributed by atoms with Crippen LogP contribution in [0, 0.1) is 17.3 Å². The number of carboxylic acid groups (broad SMARTS) is 1. The number of rotatable bonds is 3. The molecule has 86 valence electrons. The summed E-state index contributed by atoms with van der Waals surface area (Å²) in [7, 11) is 0. The molecule has 16 heavy (non-hydrogen) atoms. The zero-order valence-electron chi connectivity index (χ0n) is 8.78. The quantitative estimate of drug-likeness (QED) is 0.927. The highest BCUT2D eigenvalue weighted by molar-refractivity contribution is 9.10. The van der Waals surface area contributed by atoms with E-state index in [-0.39, 0.29) is 0 Å². The smallest absolute Gasteiger partial charge is 0.310 e. The monoisotopic (exact) mass is 300 g/mol. The number of hydrogen-bond acceptors (Lipinski definition) is 2. The van der Waals surface area contributed by atoms with Crippen LogP contribution in [0.25, 0.3) is 0 Å². The Morgan fingerprint density at radius 1 is 1.56 bits per heavy atom. The molecule has 0 aromatic carbocycles. The normalized spacial score (nSPS) is 36.1. The van der Waals surface area contributed by atoms with Gasteiger partial charge in [0.25, 0.3) is 0 Å². The van der Waals surface area contributed by atoms with Crippen molar-refractivity contribution in [1.82, 2.24) is 0 Å². The first kappa shape index (κ1) is 10.8. The van der Waals surface area contributed by atoms with Gasteiger partial charge >= 0.3 is 5.97 Å². The average Bonchev–Trinajstić information content (AvgIpc) is 2.66. The molecule has 1 heterocycles. The lowest BCUT2D eigenvalue weighted by Crippen LogP contribution is -2.31. The molecule has 0 amide bonds. The van der Waals surface area contributed by atoms with Gasteiger partial charge in [0.1, 0.15) is 0 Å². The Morgan fingerprint density at radius 2 is 2.25 bits per heavy atom. The number of carboxylic acids is 1. The number of halogens is 1. The van der Waals surface area contributed by atoms with Gasteiger partial charge in [-0.05, 0) is 64.9 Å². The number of thiophene rings is 1. The van der Waals surface area contributed by atoms with Gasteiger partial charge in [-0.3, -0.25) is 4.79 Å². The molecular weight excluding hydrogens is 288 g/mol. The Labute approximate surface area is 107 Å². The number of fused-ring (bicyclic) bond motifs is 1. The minimum Gasteiger partial charge on any atom is -0.481 e. The van der Waals surface area contributed by atoms with Crippen LogP contribution in [-0.4, -0.2) is 11.1 Å². The first-order chi connectivity index (χ1) is 7.61. The molecule has 0 spiro atoms. The molecule has 0 bridgehead atoms. The van der Waals surface area contributed by atoms with E-state index in [2.05, 4.69) is 15.9 Å². The van der Waals surface area contributed by atoms with E-state index in [0.717, 1.165) is 17.3 Å². The van der Waals surface area contributed by atoms with Crippen molar-refractivity contribution in [2.45, 2.75) is 25.7 Å². The van der Waals surface area contributed by atoms with Crippen molar-refractivity contribution in [1.29, 1.82) is 0 Å². The second-order valence-corrected chi connectivity index (χ2v) is 6.97. The highest BCUT2D eigenvalue weighted by Gasteiger charge is 2.57. The molecule has 1 aromatic rings. The fourth-order valence-corrected chi connectivity index (χ4v) is 4.69. The van der Waals surface area contributed by atoms with E-state index in [4.69, 9.17) is 0 Å². The third kappa shape index (κ3) is 1.63. The lowest BCUT2D eigenvalue weighted by atomic mass is 9.79. The predicted molar refractivity (Wildman–Crippen MR) is 66.6 cm³/mol. The van der Waals surface area contributed by atoms with Crippen LogP contribution in [0.15, 0.2) is 15.9 Å². The van der Waals surface area contributed by atoms with E-state index >= 15 is 0 Å². The largest absolute Gasteiger partial charge is 0.481 e. The molecule has 2 saturated carbocycles. The summed E-state index contributed by atoms with van der Waals surface area (Å²) in [5, 5.41) is 11.5. The summed E-state index contributed by atoms with van der Waals surface area (Å²) in [5.41, 5.74) is -0.471. The molecule has 1 aromatic heterocycles. The molecule has 1 N–H and O–H groups in total. The maximum atomic E-state index is 11.5. The van der Waals surface area contributed by atoms with Gasteiger partial charge in [-0.15, -0.1) is 11.3 Å². The van der Waals surface area contributed by atoms with Crippen LogP contribution >= 0.6 is 27.3 Å². The van der Waals surface area contributed by atoms with Crippen LogP contribution < -0.4 is 0 Å². The van der Waals surface area contributed by atoms with E-state index in [0.29, 0.717) is 18.3 Å². The molecule has 2 aliphatic rings. The Kier molecular flexibility index (Phi) is 2.41. The third-order valence-electron chi connectivity index (χ3n) is 4.02. The molecule has 2 fully saturated rings. The zero-order valence-corrected chi connectivity index (χ0v) is 11.2. The van der Waals surface area contributed by atoms with Gasteiger partial charge < -0.3 is 5.11 Å². The summed E-state index contributed by atoms with van der Waals surface area (Å²) in [6.45, 7) is 0. The van der Waals surface area contributed by atoms with Crippen LogP contribution in [0.5, 0.6) is 0 Å².